The predicted octanol–water partition coefficient (Wildman–Crippen LogP) is 0.707. The Labute approximate surface area is 106 Å². The summed E-state index contributed by atoms with van der Waals surface area (Å²) in [6, 6.07) is 3.70. The molecule has 1 aliphatic rings. The maximum Gasteiger partial charge on any atom is 0.251 e. The predicted molar refractivity (Wildman–Crippen MR) is 68.2 cm³/mol. The van der Waals surface area contributed by atoms with Crippen molar-refractivity contribution in [2.45, 2.75) is 18.9 Å². The standard InChI is InChI=1S/C13H18N2O3/c1-17-11-6-8-5-9(3-4-14)15-13(16)10(8)7-12(11)18-2/h6-7,9H,3-5,14H2,1-2H3,(H,15,16). The summed E-state index contributed by atoms with van der Waals surface area (Å²) in [6.07, 6.45) is 1.55. The van der Waals surface area contributed by atoms with Gasteiger partial charge in [-0.2, -0.15) is 0 Å². The lowest BCUT2D eigenvalue weighted by Crippen LogP contribution is -2.42. The molecule has 1 aliphatic heterocycles. The molecule has 1 heterocycles. The highest BCUT2D eigenvalue weighted by Gasteiger charge is 2.25. The number of nitrogens with two attached hydrogens (primary N) is 1. The molecule has 5 heteroatoms. The van der Waals surface area contributed by atoms with Crippen molar-refractivity contribution in [1.82, 2.24) is 5.32 Å². The molecule has 1 amide bonds. The number of benzene rings is 1. The molecule has 5 nitrogen and oxygen atoms in total. The number of hydrogen-bond acceptors (Lipinski definition) is 4. The van der Waals surface area contributed by atoms with Crippen molar-refractivity contribution in [2.75, 3.05) is 20.8 Å². The van der Waals surface area contributed by atoms with Crippen molar-refractivity contribution in [1.29, 1.82) is 0 Å². The van der Waals surface area contributed by atoms with Crippen LogP contribution in [0.4, 0.5) is 0 Å². The molecule has 0 radical (unpaired) electrons. The van der Waals surface area contributed by atoms with E-state index < -0.39 is 0 Å². The third-order valence-electron chi connectivity index (χ3n) is 3.17. The molecule has 0 saturated heterocycles. The third kappa shape index (κ3) is 2.26. The molecule has 0 bridgehead atoms. The van der Waals surface area contributed by atoms with E-state index in [0.717, 1.165) is 18.4 Å². The highest BCUT2D eigenvalue weighted by Crippen LogP contribution is 2.32. The van der Waals surface area contributed by atoms with E-state index in [1.54, 1.807) is 20.3 Å². The minimum absolute atomic E-state index is 0.0735. The first-order valence-electron chi connectivity index (χ1n) is 5.95. The van der Waals surface area contributed by atoms with E-state index in [-0.39, 0.29) is 11.9 Å². The molecule has 98 valence electrons. The van der Waals surface area contributed by atoms with E-state index in [0.29, 0.717) is 23.6 Å². The van der Waals surface area contributed by atoms with Crippen LogP contribution in [0.5, 0.6) is 11.5 Å². The number of ether oxygens (including phenoxy) is 2. The van der Waals surface area contributed by atoms with E-state index in [2.05, 4.69) is 5.32 Å². The molecular formula is C13H18N2O3. The summed E-state index contributed by atoms with van der Waals surface area (Å²) in [5, 5.41) is 2.95. The molecule has 2 rings (SSSR count). The summed E-state index contributed by atoms with van der Waals surface area (Å²) in [6.45, 7) is 0.563. The Morgan fingerprint density at radius 1 is 1.33 bits per heavy atom. The number of fused-ring (bicyclic) bond motifs is 1. The normalized spacial score (nSPS) is 17.9. The SMILES string of the molecule is COc1cc2c(cc1OC)C(=O)NC(CCN)C2. The zero-order valence-corrected chi connectivity index (χ0v) is 10.7. The summed E-state index contributed by atoms with van der Waals surface area (Å²) in [5.74, 6) is 1.15. The lowest BCUT2D eigenvalue weighted by atomic mass is 9.93. The minimum atomic E-state index is -0.0735. The highest BCUT2D eigenvalue weighted by atomic mass is 16.5. The molecule has 0 aromatic heterocycles. The van der Waals surface area contributed by atoms with Crippen LogP contribution in [0.25, 0.3) is 0 Å². The van der Waals surface area contributed by atoms with Crippen LogP contribution in [0.15, 0.2) is 12.1 Å². The lowest BCUT2D eigenvalue weighted by Gasteiger charge is -2.26. The average molecular weight is 250 g/mol. The van der Waals surface area contributed by atoms with Crippen LogP contribution in [-0.4, -0.2) is 32.7 Å². The molecule has 1 aromatic carbocycles. The first kappa shape index (κ1) is 12.7. The highest BCUT2D eigenvalue weighted by molar-refractivity contribution is 5.97. The van der Waals surface area contributed by atoms with Gasteiger partial charge in [0.15, 0.2) is 11.5 Å². The Hall–Kier alpha value is -1.75. The fraction of sp³-hybridized carbons (Fsp3) is 0.462. The first-order valence-corrected chi connectivity index (χ1v) is 5.95. The van der Waals surface area contributed by atoms with Crippen molar-refractivity contribution < 1.29 is 14.3 Å². The molecule has 0 saturated carbocycles. The van der Waals surface area contributed by atoms with Crippen LogP contribution in [0.2, 0.25) is 0 Å². The fourth-order valence-corrected chi connectivity index (χ4v) is 2.26. The van der Waals surface area contributed by atoms with Gasteiger partial charge < -0.3 is 20.5 Å². The molecule has 18 heavy (non-hydrogen) atoms. The zero-order chi connectivity index (χ0) is 13.1. The summed E-state index contributed by atoms with van der Waals surface area (Å²) < 4.78 is 10.5. The lowest BCUT2D eigenvalue weighted by molar-refractivity contribution is 0.0923. The van der Waals surface area contributed by atoms with Gasteiger partial charge in [-0.05, 0) is 37.1 Å². The molecule has 0 spiro atoms. The number of rotatable bonds is 4. The number of methoxy groups -OCH3 is 2. The van der Waals surface area contributed by atoms with Gasteiger partial charge in [0.05, 0.1) is 14.2 Å². The summed E-state index contributed by atoms with van der Waals surface area (Å²) in [5.41, 5.74) is 7.17. The van der Waals surface area contributed by atoms with Crippen molar-refractivity contribution in [3.8, 4) is 11.5 Å². The first-order chi connectivity index (χ1) is 8.69. The molecule has 1 unspecified atom stereocenters. The van der Waals surface area contributed by atoms with Crippen LogP contribution >= 0.6 is 0 Å². The number of amides is 1. The Kier molecular flexibility index (Phi) is 3.72. The van der Waals surface area contributed by atoms with E-state index in [1.165, 1.54) is 0 Å². The molecule has 3 N–H and O–H groups in total. The Bertz CT molecular complexity index is 460. The van der Waals surface area contributed by atoms with Crippen molar-refractivity contribution >= 4 is 5.91 Å². The fourth-order valence-electron chi connectivity index (χ4n) is 2.26. The summed E-state index contributed by atoms with van der Waals surface area (Å²) in [4.78, 5) is 12.0. The smallest absolute Gasteiger partial charge is 0.251 e. The summed E-state index contributed by atoms with van der Waals surface area (Å²) >= 11 is 0. The van der Waals surface area contributed by atoms with Crippen LogP contribution in [0.3, 0.4) is 0 Å². The molecule has 0 aliphatic carbocycles. The van der Waals surface area contributed by atoms with E-state index >= 15 is 0 Å². The van der Waals surface area contributed by atoms with Gasteiger partial charge in [0, 0.05) is 11.6 Å². The molecule has 1 atom stereocenters. The number of hydrogen-bond donors (Lipinski definition) is 2. The maximum atomic E-state index is 12.0. The average Bonchev–Trinajstić information content (AvgIpc) is 2.37. The minimum Gasteiger partial charge on any atom is -0.493 e. The Balaban J connectivity index is 2.37. The third-order valence-corrected chi connectivity index (χ3v) is 3.17. The van der Waals surface area contributed by atoms with Gasteiger partial charge >= 0.3 is 0 Å². The van der Waals surface area contributed by atoms with Gasteiger partial charge in [-0.1, -0.05) is 0 Å². The molecular weight excluding hydrogens is 232 g/mol. The largest absolute Gasteiger partial charge is 0.493 e. The van der Waals surface area contributed by atoms with Crippen LogP contribution < -0.4 is 20.5 Å². The topological polar surface area (TPSA) is 73.6 Å². The molecule has 1 aromatic rings. The second-order valence-corrected chi connectivity index (χ2v) is 4.32. The van der Waals surface area contributed by atoms with Gasteiger partial charge in [0.2, 0.25) is 0 Å². The summed E-state index contributed by atoms with van der Waals surface area (Å²) in [7, 11) is 3.15. The number of carbonyl (C=O) groups excluding carboxylic acids is 1. The van der Waals surface area contributed by atoms with Gasteiger partial charge in [-0.15, -0.1) is 0 Å². The van der Waals surface area contributed by atoms with Gasteiger partial charge in [0.1, 0.15) is 0 Å². The van der Waals surface area contributed by atoms with Crippen molar-refractivity contribution in [3.63, 3.8) is 0 Å². The second kappa shape index (κ2) is 5.27. The van der Waals surface area contributed by atoms with Crippen LogP contribution in [0.1, 0.15) is 22.3 Å². The van der Waals surface area contributed by atoms with Crippen molar-refractivity contribution in [2.24, 2.45) is 5.73 Å². The number of nitrogens with one attached hydrogen (secondary N) is 1. The Morgan fingerprint density at radius 2 is 2.00 bits per heavy atom. The van der Waals surface area contributed by atoms with E-state index in [4.69, 9.17) is 15.2 Å². The van der Waals surface area contributed by atoms with E-state index in [1.807, 2.05) is 6.07 Å². The second-order valence-electron chi connectivity index (χ2n) is 4.32. The monoisotopic (exact) mass is 250 g/mol. The van der Waals surface area contributed by atoms with Crippen LogP contribution in [0, 0.1) is 0 Å². The quantitative estimate of drug-likeness (QED) is 0.825. The van der Waals surface area contributed by atoms with Gasteiger partial charge in [0.25, 0.3) is 5.91 Å². The van der Waals surface area contributed by atoms with Gasteiger partial charge in [-0.25, -0.2) is 0 Å². The Morgan fingerprint density at radius 3 is 2.61 bits per heavy atom. The van der Waals surface area contributed by atoms with Crippen molar-refractivity contribution in [3.05, 3.63) is 23.3 Å². The van der Waals surface area contributed by atoms with Crippen LogP contribution in [-0.2, 0) is 6.42 Å². The van der Waals surface area contributed by atoms with Gasteiger partial charge in [-0.3, -0.25) is 4.79 Å². The zero-order valence-electron chi connectivity index (χ0n) is 10.7. The number of carbonyl (C=O) groups is 1. The molecule has 0 fully saturated rings. The maximum absolute atomic E-state index is 12.0. The van der Waals surface area contributed by atoms with E-state index in [9.17, 15) is 4.79 Å².